The third-order valence-electron chi connectivity index (χ3n) is 4.71. The molecule has 158 valence electrons. The van der Waals surface area contributed by atoms with E-state index in [1.807, 2.05) is 43.5 Å². The van der Waals surface area contributed by atoms with Crippen molar-refractivity contribution in [3.63, 3.8) is 0 Å². The Kier molecular flexibility index (Phi) is 8.63. The van der Waals surface area contributed by atoms with Gasteiger partial charge in [-0.2, -0.15) is 0 Å². The molecule has 3 rings (SSSR count). The van der Waals surface area contributed by atoms with Gasteiger partial charge in [0.25, 0.3) is 0 Å². The maximum Gasteiger partial charge on any atom is 0.228 e. The number of benzene rings is 2. The molecule has 3 aromatic rings. The summed E-state index contributed by atoms with van der Waals surface area (Å²) < 4.78 is 15.8. The highest BCUT2D eigenvalue weighted by Gasteiger charge is 2.17. The van der Waals surface area contributed by atoms with Crippen LogP contribution in [0.4, 0.5) is 10.1 Å². The van der Waals surface area contributed by atoms with Crippen LogP contribution < -0.4 is 11.1 Å². The lowest BCUT2D eigenvalue weighted by Crippen LogP contribution is -2.26. The van der Waals surface area contributed by atoms with Gasteiger partial charge in [0.2, 0.25) is 5.91 Å². The van der Waals surface area contributed by atoms with Gasteiger partial charge in [0.15, 0.2) is 0 Å². The minimum atomic E-state index is -0.279. The van der Waals surface area contributed by atoms with Crippen molar-refractivity contribution in [3.05, 3.63) is 47.8 Å². The number of carbonyl (C=O) groups excluding carboxylic acids is 1. The van der Waals surface area contributed by atoms with E-state index in [0.29, 0.717) is 6.54 Å². The van der Waals surface area contributed by atoms with Crippen LogP contribution in [0.25, 0.3) is 22.4 Å². The number of amides is 1. The van der Waals surface area contributed by atoms with Crippen molar-refractivity contribution in [1.82, 2.24) is 9.55 Å². The van der Waals surface area contributed by atoms with Crippen LogP contribution in [0.2, 0.25) is 0 Å². The molecule has 1 atom stereocenters. The zero-order valence-electron chi connectivity index (χ0n) is 16.9. The first-order valence-corrected chi connectivity index (χ1v) is 9.11. The molecule has 8 heteroatoms. The van der Waals surface area contributed by atoms with Gasteiger partial charge in [-0.3, -0.25) is 4.79 Å². The number of imidazole rings is 1. The van der Waals surface area contributed by atoms with Crippen molar-refractivity contribution in [1.29, 1.82) is 0 Å². The van der Waals surface area contributed by atoms with Crippen molar-refractivity contribution >= 4 is 47.4 Å². The number of aryl methyl sites for hydroxylation is 1. The molecule has 0 aliphatic carbocycles. The summed E-state index contributed by atoms with van der Waals surface area (Å²) in [6.07, 6.45) is 0. The molecule has 0 aliphatic heterocycles. The smallest absolute Gasteiger partial charge is 0.228 e. The average molecular weight is 441 g/mol. The second-order valence-corrected chi connectivity index (χ2v) is 7.19. The third kappa shape index (κ3) is 5.07. The van der Waals surface area contributed by atoms with Crippen LogP contribution in [-0.4, -0.2) is 22.0 Å². The number of halogens is 3. The summed E-state index contributed by atoms with van der Waals surface area (Å²) in [7, 11) is 0. The molecule has 2 aromatic carbocycles. The van der Waals surface area contributed by atoms with Crippen LogP contribution in [0, 0.1) is 18.7 Å². The Labute approximate surface area is 182 Å². The maximum atomic E-state index is 13.7. The molecule has 1 heterocycles. The zero-order chi connectivity index (χ0) is 19.7. The van der Waals surface area contributed by atoms with Crippen LogP contribution in [0.15, 0.2) is 36.4 Å². The van der Waals surface area contributed by atoms with Gasteiger partial charge in [-0.15, -0.1) is 24.8 Å². The fraction of sp³-hybridized carbons (Fsp3) is 0.333. The first-order valence-electron chi connectivity index (χ1n) is 9.11. The molecular weight excluding hydrogens is 414 g/mol. The van der Waals surface area contributed by atoms with Gasteiger partial charge in [0.05, 0.1) is 11.0 Å². The van der Waals surface area contributed by atoms with Gasteiger partial charge in [-0.05, 0) is 62.7 Å². The van der Waals surface area contributed by atoms with Crippen molar-refractivity contribution in [2.24, 2.45) is 11.7 Å². The van der Waals surface area contributed by atoms with E-state index in [4.69, 9.17) is 10.7 Å². The highest BCUT2D eigenvalue weighted by Crippen LogP contribution is 2.31. The molecule has 29 heavy (non-hydrogen) atoms. The maximum absolute atomic E-state index is 13.7. The van der Waals surface area contributed by atoms with Crippen LogP contribution >= 0.6 is 24.8 Å². The fourth-order valence-electron chi connectivity index (χ4n) is 3.10. The average Bonchev–Trinajstić information content (AvgIpc) is 3.01. The van der Waals surface area contributed by atoms with Crippen LogP contribution in [0.1, 0.15) is 32.4 Å². The Hall–Kier alpha value is -2.15. The summed E-state index contributed by atoms with van der Waals surface area (Å²) in [4.78, 5) is 16.8. The van der Waals surface area contributed by atoms with E-state index in [2.05, 4.69) is 5.32 Å². The lowest BCUT2D eigenvalue weighted by molar-refractivity contribution is -0.119. The number of fused-ring (bicyclic) bond motifs is 1. The van der Waals surface area contributed by atoms with Crippen molar-refractivity contribution in [3.8, 4) is 11.4 Å². The first-order chi connectivity index (χ1) is 12.8. The fourth-order valence-corrected chi connectivity index (χ4v) is 3.10. The minimum absolute atomic E-state index is 0. The second kappa shape index (κ2) is 10.1. The predicted octanol–water partition coefficient (Wildman–Crippen LogP) is 5.11. The Morgan fingerprint density at radius 3 is 2.45 bits per heavy atom. The van der Waals surface area contributed by atoms with Crippen molar-refractivity contribution in [2.45, 2.75) is 33.7 Å². The van der Waals surface area contributed by atoms with Gasteiger partial charge in [0, 0.05) is 29.8 Å². The molecule has 1 amide bonds. The number of hydrogen-bond donors (Lipinski definition) is 2. The summed E-state index contributed by atoms with van der Waals surface area (Å²) >= 11 is 0. The van der Waals surface area contributed by atoms with Gasteiger partial charge < -0.3 is 15.6 Å². The van der Waals surface area contributed by atoms with Crippen molar-refractivity contribution in [2.75, 3.05) is 11.9 Å². The molecule has 1 aromatic heterocycles. The molecule has 5 nitrogen and oxygen atoms in total. The molecule has 0 saturated carbocycles. The Balaban J connectivity index is 0.00000210. The Bertz CT molecular complexity index is 1000. The van der Waals surface area contributed by atoms with E-state index in [9.17, 15) is 9.18 Å². The molecule has 0 aliphatic rings. The Morgan fingerprint density at radius 2 is 1.86 bits per heavy atom. The monoisotopic (exact) mass is 440 g/mol. The third-order valence-corrected chi connectivity index (χ3v) is 4.71. The topological polar surface area (TPSA) is 72.9 Å². The van der Waals surface area contributed by atoms with Crippen molar-refractivity contribution < 1.29 is 9.18 Å². The first kappa shape index (κ1) is 24.9. The SMILES string of the molecule is Cc1cc(-c2nc3ccc(F)cc3n2C(C)C)ccc1NC(=O)C(C)CN.Cl.Cl. The largest absolute Gasteiger partial charge is 0.330 e. The second-order valence-electron chi connectivity index (χ2n) is 7.19. The molecular formula is C21H27Cl2FN4O. The summed E-state index contributed by atoms with van der Waals surface area (Å²) in [5.41, 5.74) is 9.69. The number of carbonyl (C=O) groups is 1. The summed E-state index contributed by atoms with van der Waals surface area (Å²) in [6.45, 7) is 8.13. The van der Waals surface area contributed by atoms with Gasteiger partial charge in [-0.25, -0.2) is 9.37 Å². The zero-order valence-corrected chi connectivity index (χ0v) is 18.5. The summed E-state index contributed by atoms with van der Waals surface area (Å²) in [5.74, 6) is 0.156. The molecule has 0 saturated heterocycles. The lowest BCUT2D eigenvalue weighted by atomic mass is 10.1. The highest BCUT2D eigenvalue weighted by molar-refractivity contribution is 5.93. The minimum Gasteiger partial charge on any atom is -0.330 e. The normalized spacial score (nSPS) is 11.7. The predicted molar refractivity (Wildman–Crippen MR) is 122 cm³/mol. The van der Waals surface area contributed by atoms with Crippen LogP contribution in [0.5, 0.6) is 0 Å². The van der Waals surface area contributed by atoms with E-state index in [1.54, 1.807) is 13.0 Å². The van der Waals surface area contributed by atoms with Crippen LogP contribution in [-0.2, 0) is 4.79 Å². The quantitative estimate of drug-likeness (QED) is 0.578. The van der Waals surface area contributed by atoms with E-state index >= 15 is 0 Å². The van der Waals surface area contributed by atoms with E-state index in [-0.39, 0.29) is 48.5 Å². The van der Waals surface area contributed by atoms with Crippen LogP contribution in [0.3, 0.4) is 0 Å². The van der Waals surface area contributed by atoms with Gasteiger partial charge in [-0.1, -0.05) is 6.92 Å². The number of nitrogens with zero attached hydrogens (tertiary/aromatic N) is 2. The number of rotatable bonds is 5. The number of anilines is 1. The molecule has 3 N–H and O–H groups in total. The van der Waals surface area contributed by atoms with E-state index in [0.717, 1.165) is 33.7 Å². The highest BCUT2D eigenvalue weighted by atomic mass is 35.5. The lowest BCUT2D eigenvalue weighted by Gasteiger charge is -2.15. The molecule has 0 spiro atoms. The van der Waals surface area contributed by atoms with E-state index in [1.165, 1.54) is 12.1 Å². The molecule has 1 unspecified atom stereocenters. The summed E-state index contributed by atoms with van der Waals surface area (Å²) in [6, 6.07) is 10.5. The molecule has 0 bridgehead atoms. The van der Waals surface area contributed by atoms with Gasteiger partial charge in [0.1, 0.15) is 11.6 Å². The number of nitrogens with one attached hydrogen (secondary N) is 1. The Morgan fingerprint density at radius 1 is 1.17 bits per heavy atom. The van der Waals surface area contributed by atoms with Gasteiger partial charge >= 0.3 is 0 Å². The van der Waals surface area contributed by atoms with E-state index < -0.39 is 0 Å². The number of aromatic nitrogens is 2. The number of hydrogen-bond acceptors (Lipinski definition) is 3. The molecule has 0 radical (unpaired) electrons. The summed E-state index contributed by atoms with van der Waals surface area (Å²) in [5, 5.41) is 2.92. The molecule has 0 fully saturated rings. The number of nitrogens with two attached hydrogens (primary N) is 1. The standard InChI is InChI=1S/C21H25FN4O.2ClH/c1-12(2)26-19-10-16(22)6-8-18(19)24-20(26)15-5-7-17(13(3)9-15)25-21(27)14(4)11-23;;/h5-10,12,14H,11,23H2,1-4H3,(H,25,27);2*1H.